The topological polar surface area (TPSA) is 66.4 Å². The quantitative estimate of drug-likeness (QED) is 0.910. The van der Waals surface area contributed by atoms with Crippen molar-refractivity contribution in [2.45, 2.75) is 0 Å². The van der Waals surface area contributed by atoms with E-state index >= 15 is 0 Å². The fraction of sp³-hybridized carbons (Fsp3) is 0. The number of nitrogens with one attached hydrogen (secondary N) is 1. The number of aromatic carboxylic acids is 1. The van der Waals surface area contributed by atoms with Crippen molar-refractivity contribution in [3.8, 4) is 0 Å². The molecule has 2 aromatic carbocycles. The van der Waals surface area contributed by atoms with Gasteiger partial charge in [0.1, 0.15) is 11.6 Å². The summed E-state index contributed by atoms with van der Waals surface area (Å²) in [7, 11) is 0. The summed E-state index contributed by atoms with van der Waals surface area (Å²) in [5, 5.41) is 11.5. The van der Waals surface area contributed by atoms with Crippen LogP contribution < -0.4 is 5.32 Å². The van der Waals surface area contributed by atoms with E-state index in [1.54, 1.807) is 0 Å². The summed E-state index contributed by atoms with van der Waals surface area (Å²) in [6.07, 6.45) is 0. The van der Waals surface area contributed by atoms with E-state index in [-0.39, 0.29) is 16.3 Å². The number of rotatable bonds is 3. The van der Waals surface area contributed by atoms with Crippen LogP contribution in [-0.2, 0) is 0 Å². The molecule has 0 saturated carbocycles. The van der Waals surface area contributed by atoms with Crippen molar-refractivity contribution in [3.63, 3.8) is 0 Å². The van der Waals surface area contributed by atoms with Crippen LogP contribution in [0, 0.1) is 11.6 Å². The average molecular weight is 312 g/mol. The maximum Gasteiger partial charge on any atom is 0.337 e. The molecule has 0 unspecified atom stereocenters. The number of carbonyl (C=O) groups is 2. The van der Waals surface area contributed by atoms with Gasteiger partial charge in [0.05, 0.1) is 16.8 Å². The van der Waals surface area contributed by atoms with Crippen molar-refractivity contribution >= 4 is 29.2 Å². The van der Waals surface area contributed by atoms with Gasteiger partial charge in [0.15, 0.2) is 0 Å². The van der Waals surface area contributed by atoms with Crippen LogP contribution in [0.4, 0.5) is 14.5 Å². The molecule has 0 spiro atoms. The smallest absolute Gasteiger partial charge is 0.337 e. The monoisotopic (exact) mass is 311 g/mol. The lowest BCUT2D eigenvalue weighted by molar-refractivity contribution is 0.0698. The first kappa shape index (κ1) is 14.9. The molecular formula is C14H8ClF2NO3. The second-order valence-corrected chi connectivity index (χ2v) is 4.51. The lowest BCUT2D eigenvalue weighted by atomic mass is 10.1. The van der Waals surface area contributed by atoms with Gasteiger partial charge < -0.3 is 10.4 Å². The molecule has 1 amide bonds. The third-order valence-corrected chi connectivity index (χ3v) is 2.87. The van der Waals surface area contributed by atoms with Crippen molar-refractivity contribution in [2.75, 3.05) is 5.32 Å². The molecule has 4 nitrogen and oxygen atoms in total. The molecule has 2 N–H and O–H groups in total. The molecule has 0 heterocycles. The van der Waals surface area contributed by atoms with Gasteiger partial charge in [-0.25, -0.2) is 13.6 Å². The molecule has 0 atom stereocenters. The zero-order valence-electron chi connectivity index (χ0n) is 10.4. The third kappa shape index (κ3) is 3.35. The maximum absolute atomic E-state index is 13.5. The average Bonchev–Trinajstić information content (AvgIpc) is 2.40. The highest BCUT2D eigenvalue weighted by molar-refractivity contribution is 6.31. The summed E-state index contributed by atoms with van der Waals surface area (Å²) in [4.78, 5) is 23.0. The van der Waals surface area contributed by atoms with E-state index in [1.165, 1.54) is 12.1 Å². The largest absolute Gasteiger partial charge is 0.478 e. The molecule has 7 heteroatoms. The summed E-state index contributed by atoms with van der Waals surface area (Å²) in [5.74, 6) is -4.05. The Bertz CT molecular complexity index is 734. The molecule has 0 bridgehead atoms. The molecule has 0 aromatic heterocycles. The Kier molecular flexibility index (Phi) is 4.18. The van der Waals surface area contributed by atoms with Crippen molar-refractivity contribution in [2.24, 2.45) is 0 Å². The number of benzene rings is 2. The highest BCUT2D eigenvalue weighted by atomic mass is 35.5. The van der Waals surface area contributed by atoms with Gasteiger partial charge in [0.2, 0.25) is 0 Å². The van der Waals surface area contributed by atoms with Crippen LogP contribution in [0.3, 0.4) is 0 Å². The molecule has 0 aliphatic heterocycles. The zero-order valence-corrected chi connectivity index (χ0v) is 11.1. The predicted octanol–water partition coefficient (Wildman–Crippen LogP) is 3.57. The van der Waals surface area contributed by atoms with Crippen LogP contribution in [0.1, 0.15) is 20.7 Å². The van der Waals surface area contributed by atoms with Gasteiger partial charge in [-0.15, -0.1) is 0 Å². The van der Waals surface area contributed by atoms with Crippen LogP contribution in [0.15, 0.2) is 36.4 Å². The van der Waals surface area contributed by atoms with Crippen LogP contribution in [0.2, 0.25) is 5.02 Å². The van der Waals surface area contributed by atoms with Gasteiger partial charge in [-0.3, -0.25) is 4.79 Å². The Morgan fingerprint density at radius 1 is 1.05 bits per heavy atom. The lowest BCUT2D eigenvalue weighted by Crippen LogP contribution is -2.16. The van der Waals surface area contributed by atoms with E-state index in [1.807, 2.05) is 0 Å². The fourth-order valence-electron chi connectivity index (χ4n) is 1.67. The van der Waals surface area contributed by atoms with E-state index in [2.05, 4.69) is 5.32 Å². The zero-order chi connectivity index (χ0) is 15.6. The lowest BCUT2D eigenvalue weighted by Gasteiger charge is -2.09. The molecule has 0 aliphatic carbocycles. The molecule has 0 aliphatic rings. The minimum Gasteiger partial charge on any atom is -0.478 e. The van der Waals surface area contributed by atoms with Crippen molar-refractivity contribution < 1.29 is 23.5 Å². The van der Waals surface area contributed by atoms with Crippen molar-refractivity contribution in [3.05, 3.63) is 64.2 Å². The van der Waals surface area contributed by atoms with E-state index in [0.717, 1.165) is 18.2 Å². The maximum atomic E-state index is 13.5. The number of halogens is 3. The number of carboxylic acid groups (broad SMARTS) is 1. The first-order valence-corrected chi connectivity index (χ1v) is 6.05. The van der Waals surface area contributed by atoms with Crippen LogP contribution >= 0.6 is 11.6 Å². The normalized spacial score (nSPS) is 10.2. The minimum absolute atomic E-state index is 0.0411. The number of carboxylic acids is 1. The summed E-state index contributed by atoms with van der Waals surface area (Å²) in [5.41, 5.74) is -0.679. The first-order valence-electron chi connectivity index (χ1n) is 5.67. The van der Waals surface area contributed by atoms with Gasteiger partial charge in [-0.05, 0) is 30.3 Å². The van der Waals surface area contributed by atoms with Crippen LogP contribution in [-0.4, -0.2) is 17.0 Å². The number of amides is 1. The molecular weight excluding hydrogens is 304 g/mol. The molecule has 0 radical (unpaired) electrons. The molecule has 0 fully saturated rings. The Hall–Kier alpha value is -2.47. The van der Waals surface area contributed by atoms with E-state index in [9.17, 15) is 18.4 Å². The predicted molar refractivity (Wildman–Crippen MR) is 72.7 cm³/mol. The molecule has 2 aromatic rings. The van der Waals surface area contributed by atoms with Gasteiger partial charge in [-0.2, -0.15) is 0 Å². The highest BCUT2D eigenvalue weighted by Crippen LogP contribution is 2.22. The van der Waals surface area contributed by atoms with Crippen molar-refractivity contribution in [1.29, 1.82) is 0 Å². The van der Waals surface area contributed by atoms with E-state index < -0.39 is 29.1 Å². The van der Waals surface area contributed by atoms with Crippen LogP contribution in [0.5, 0.6) is 0 Å². The molecule has 2 rings (SSSR count). The minimum atomic E-state index is -1.30. The number of anilines is 1. The second kappa shape index (κ2) is 5.88. The van der Waals surface area contributed by atoms with Gasteiger partial charge in [0, 0.05) is 11.1 Å². The van der Waals surface area contributed by atoms with Crippen LogP contribution in [0.25, 0.3) is 0 Å². The Balaban J connectivity index is 2.34. The number of hydrogen-bond acceptors (Lipinski definition) is 2. The van der Waals surface area contributed by atoms with Gasteiger partial charge in [0.25, 0.3) is 5.91 Å². The molecule has 21 heavy (non-hydrogen) atoms. The summed E-state index contributed by atoms with van der Waals surface area (Å²) in [6.45, 7) is 0. The van der Waals surface area contributed by atoms with Crippen molar-refractivity contribution in [1.82, 2.24) is 0 Å². The van der Waals surface area contributed by atoms with Gasteiger partial charge >= 0.3 is 5.97 Å². The second-order valence-electron chi connectivity index (χ2n) is 4.07. The fourth-order valence-corrected chi connectivity index (χ4v) is 1.84. The third-order valence-electron chi connectivity index (χ3n) is 2.64. The van der Waals surface area contributed by atoms with E-state index in [4.69, 9.17) is 16.7 Å². The Morgan fingerprint density at radius 2 is 1.76 bits per heavy atom. The number of hydrogen-bond donors (Lipinski definition) is 2. The van der Waals surface area contributed by atoms with E-state index in [0.29, 0.717) is 6.07 Å². The Labute approximate surface area is 123 Å². The van der Waals surface area contributed by atoms with Gasteiger partial charge in [-0.1, -0.05) is 11.6 Å². The standard InChI is InChI=1S/C14H8ClF2NO3/c15-7-1-4-12(10(5-7)14(20)21)18-13(19)9-3-2-8(16)6-11(9)17/h1-6H,(H,18,19)(H,20,21). The summed E-state index contributed by atoms with van der Waals surface area (Å²) in [6, 6.07) is 6.28. The molecule has 0 saturated heterocycles. The Morgan fingerprint density at radius 3 is 2.38 bits per heavy atom. The SMILES string of the molecule is O=C(Nc1ccc(Cl)cc1C(=O)O)c1ccc(F)cc1F. The first-order chi connectivity index (χ1) is 9.88. The highest BCUT2D eigenvalue weighted by Gasteiger charge is 2.17. The summed E-state index contributed by atoms with van der Waals surface area (Å²) < 4.78 is 26.3. The molecule has 108 valence electrons. The number of carbonyl (C=O) groups excluding carboxylic acids is 1. The summed E-state index contributed by atoms with van der Waals surface area (Å²) >= 11 is 5.68.